The average Bonchev–Trinajstić information content (AvgIpc) is 4.02. The summed E-state index contributed by atoms with van der Waals surface area (Å²) in [6, 6.07) is 28.1. The molecule has 4 unspecified atom stereocenters. The molecule has 63 heavy (non-hydrogen) atoms. The second kappa shape index (κ2) is 18.7. The summed E-state index contributed by atoms with van der Waals surface area (Å²) in [5, 5.41) is 6.03. The van der Waals surface area contributed by atoms with Gasteiger partial charge in [0, 0.05) is 59.6 Å². The molecule has 3 heterocycles. The largest absolute Gasteiger partial charge is 0.436 e. The minimum absolute atomic E-state index is 0.179. The van der Waals surface area contributed by atoms with Crippen LogP contribution in [0.3, 0.4) is 0 Å². The van der Waals surface area contributed by atoms with E-state index in [0.29, 0.717) is 78.5 Å². The summed E-state index contributed by atoms with van der Waals surface area (Å²) in [7, 11) is 0. The van der Waals surface area contributed by atoms with Crippen molar-refractivity contribution < 1.29 is 33.1 Å². The molecule has 2 aliphatic rings. The lowest BCUT2D eigenvalue weighted by molar-refractivity contribution is -0.120. The minimum atomic E-state index is -0.709. The van der Waals surface area contributed by atoms with Crippen LogP contribution >= 0.6 is 0 Å². The van der Waals surface area contributed by atoms with Crippen molar-refractivity contribution in [3.63, 3.8) is 0 Å². The number of hydrogen-bond donors (Lipinski definition) is 2. The molecule has 12 nitrogen and oxygen atoms in total. The molecule has 0 aliphatic carbocycles. The van der Waals surface area contributed by atoms with E-state index in [1.54, 1.807) is 40.3 Å². The molecule has 7 rings (SSSR count). The van der Waals surface area contributed by atoms with Gasteiger partial charge in [0.05, 0.1) is 29.6 Å². The zero-order valence-corrected chi connectivity index (χ0v) is 37.6. The maximum Gasteiger partial charge on any atom is 0.254 e. The highest BCUT2D eigenvalue weighted by Gasteiger charge is 2.43. The number of nitrogens with zero attached hydrogens (tertiary/aromatic N) is 3. The van der Waals surface area contributed by atoms with Gasteiger partial charge in [-0.05, 0) is 126 Å². The van der Waals surface area contributed by atoms with Crippen LogP contribution in [0.4, 0.5) is 11.4 Å². The van der Waals surface area contributed by atoms with Gasteiger partial charge in [-0.25, -0.2) is 4.98 Å². The number of anilines is 2. The highest BCUT2D eigenvalue weighted by Crippen LogP contribution is 2.32. The lowest BCUT2D eigenvalue weighted by atomic mass is 10.0. The van der Waals surface area contributed by atoms with Crippen LogP contribution in [0.1, 0.15) is 100 Å². The predicted molar refractivity (Wildman–Crippen MR) is 244 cm³/mol. The van der Waals surface area contributed by atoms with Gasteiger partial charge >= 0.3 is 0 Å². The smallest absolute Gasteiger partial charge is 0.254 e. The highest BCUT2D eigenvalue weighted by atomic mass is 16.5. The second-order valence-electron chi connectivity index (χ2n) is 18.3. The molecular weight excluding hydrogens is 795 g/mol. The fourth-order valence-corrected chi connectivity index (χ4v) is 8.50. The van der Waals surface area contributed by atoms with Crippen LogP contribution in [0.2, 0.25) is 0 Å². The summed E-state index contributed by atoms with van der Waals surface area (Å²) in [6.07, 6.45) is 3.25. The van der Waals surface area contributed by atoms with Crippen molar-refractivity contribution in [2.45, 2.75) is 117 Å². The number of aromatic nitrogens is 1. The van der Waals surface area contributed by atoms with Gasteiger partial charge in [0.25, 0.3) is 11.8 Å². The fraction of sp³-hybridized carbons (Fsp3) is 0.392. The summed E-state index contributed by atoms with van der Waals surface area (Å²) in [4.78, 5) is 63.2. The van der Waals surface area contributed by atoms with Crippen molar-refractivity contribution in [1.29, 1.82) is 0 Å². The maximum absolute atomic E-state index is 13.9. The lowest BCUT2D eigenvalue weighted by Gasteiger charge is -2.26. The van der Waals surface area contributed by atoms with Gasteiger partial charge in [-0.2, -0.15) is 0 Å². The minimum Gasteiger partial charge on any atom is -0.436 e. The molecule has 4 amide bonds. The molecule has 330 valence electrons. The van der Waals surface area contributed by atoms with E-state index in [0.717, 1.165) is 16.7 Å². The van der Waals surface area contributed by atoms with Crippen molar-refractivity contribution in [2.75, 3.05) is 23.7 Å². The Morgan fingerprint density at radius 3 is 1.44 bits per heavy atom. The Kier molecular flexibility index (Phi) is 13.3. The third-order valence-corrected chi connectivity index (χ3v) is 11.3. The Hall–Kier alpha value is -6.11. The second-order valence-corrected chi connectivity index (χ2v) is 18.3. The fourth-order valence-electron chi connectivity index (χ4n) is 8.50. The predicted octanol–water partition coefficient (Wildman–Crippen LogP) is 9.21. The van der Waals surface area contributed by atoms with Crippen molar-refractivity contribution in [2.24, 2.45) is 0 Å². The monoisotopic (exact) mass is 853 g/mol. The van der Waals surface area contributed by atoms with Crippen LogP contribution in [0, 0.1) is 0 Å². The molecule has 2 aliphatic heterocycles. The topological polar surface area (TPSA) is 143 Å². The van der Waals surface area contributed by atoms with Crippen LogP contribution in [0.25, 0.3) is 22.8 Å². The zero-order valence-electron chi connectivity index (χ0n) is 37.6. The van der Waals surface area contributed by atoms with E-state index in [4.69, 9.17) is 13.9 Å². The molecule has 4 aromatic carbocycles. The Bertz CT molecular complexity index is 2260. The van der Waals surface area contributed by atoms with E-state index in [9.17, 15) is 19.2 Å². The molecule has 0 bridgehead atoms. The number of aryl methyl sites for hydroxylation is 2. The normalized spacial score (nSPS) is 19.0. The van der Waals surface area contributed by atoms with Crippen LogP contribution in [-0.2, 0) is 31.9 Å². The molecule has 5 aromatic rings. The Morgan fingerprint density at radius 1 is 0.619 bits per heavy atom. The average molecular weight is 854 g/mol. The Morgan fingerprint density at radius 2 is 1.03 bits per heavy atom. The first-order valence-electron chi connectivity index (χ1n) is 21.9. The van der Waals surface area contributed by atoms with E-state index < -0.39 is 23.3 Å². The van der Waals surface area contributed by atoms with Crippen LogP contribution in [0.5, 0.6) is 0 Å². The van der Waals surface area contributed by atoms with Crippen molar-refractivity contribution in [3.8, 4) is 22.8 Å². The molecule has 2 N–H and O–H groups in total. The summed E-state index contributed by atoms with van der Waals surface area (Å²) < 4.78 is 18.7. The number of likely N-dealkylation sites (tertiary alicyclic amines) is 2. The van der Waals surface area contributed by atoms with E-state index in [1.165, 1.54) is 0 Å². The number of oxazole rings is 1. The quantitative estimate of drug-likeness (QED) is 0.127. The number of nitrogens with one attached hydrogen (secondary N) is 2. The lowest BCUT2D eigenvalue weighted by Crippen LogP contribution is -2.43. The third-order valence-electron chi connectivity index (χ3n) is 11.3. The standard InChI is InChI=1S/C51H59N5O7/c1-9-32-15-11-13-17-40(32)48(59)55-30-38(62-50(3,4)5)27-42(55)45(57)53-36-23-19-34(20-24-36)44-29-52-47(61-44)35-21-25-37(26-22-35)54-46(58)43-28-39(63-51(6,7)8)31-56(43)49(60)41-18-14-12-16-33(41)10-2/h11-26,29,38-39,42-43H,9-10,27-28,30-31H2,1-8H3,(H,53,57)(H,54,58). The van der Waals surface area contributed by atoms with Gasteiger partial charge in [0.15, 0.2) is 5.76 Å². The van der Waals surface area contributed by atoms with E-state index >= 15 is 0 Å². The molecule has 4 atom stereocenters. The molecule has 2 fully saturated rings. The zero-order chi connectivity index (χ0) is 45.1. The van der Waals surface area contributed by atoms with Gasteiger partial charge < -0.3 is 34.3 Å². The van der Waals surface area contributed by atoms with Crippen LogP contribution in [-0.4, -0.2) is 87.0 Å². The number of hydrogen-bond acceptors (Lipinski definition) is 8. The summed E-state index contributed by atoms with van der Waals surface area (Å²) >= 11 is 0. The van der Waals surface area contributed by atoms with Crippen LogP contribution in [0.15, 0.2) is 108 Å². The number of carbonyl (C=O) groups excluding carboxylic acids is 4. The van der Waals surface area contributed by atoms with E-state index in [1.807, 2.05) is 128 Å². The first kappa shape index (κ1) is 44.9. The molecule has 0 saturated carbocycles. The first-order chi connectivity index (χ1) is 30.0. The summed E-state index contributed by atoms with van der Waals surface area (Å²) in [6.45, 7) is 16.5. The molecule has 12 heteroatoms. The van der Waals surface area contributed by atoms with Gasteiger partial charge in [-0.3, -0.25) is 19.2 Å². The van der Waals surface area contributed by atoms with Gasteiger partial charge in [0.2, 0.25) is 17.7 Å². The summed E-state index contributed by atoms with van der Waals surface area (Å²) in [5.74, 6) is 0.00706. The number of amides is 4. The molecule has 1 aromatic heterocycles. The van der Waals surface area contributed by atoms with Crippen molar-refractivity contribution in [3.05, 3.63) is 126 Å². The number of rotatable bonds is 12. The number of ether oxygens (including phenoxy) is 2. The summed E-state index contributed by atoms with van der Waals surface area (Å²) in [5.41, 5.74) is 4.83. The van der Waals surface area contributed by atoms with Crippen LogP contribution < -0.4 is 10.6 Å². The van der Waals surface area contributed by atoms with E-state index in [-0.39, 0.29) is 35.8 Å². The molecule has 0 spiro atoms. The molecule has 0 radical (unpaired) electrons. The maximum atomic E-state index is 13.9. The molecular formula is C51H59N5O7. The first-order valence-corrected chi connectivity index (χ1v) is 21.9. The third kappa shape index (κ3) is 10.7. The Labute approximate surface area is 370 Å². The highest BCUT2D eigenvalue weighted by molar-refractivity contribution is 6.03. The number of benzene rings is 4. The number of carbonyl (C=O) groups is 4. The van der Waals surface area contributed by atoms with Crippen molar-refractivity contribution >= 4 is 35.0 Å². The van der Waals surface area contributed by atoms with Crippen molar-refractivity contribution in [1.82, 2.24) is 14.8 Å². The van der Waals surface area contributed by atoms with E-state index in [2.05, 4.69) is 15.6 Å². The van der Waals surface area contributed by atoms with Gasteiger partial charge in [-0.15, -0.1) is 0 Å². The molecule has 2 saturated heterocycles. The van der Waals surface area contributed by atoms with Gasteiger partial charge in [0.1, 0.15) is 12.1 Å². The SMILES string of the molecule is CCc1ccccc1C(=O)N1CC(OC(C)(C)C)CC1C(=O)Nc1ccc(-c2cnc(-c3ccc(NC(=O)C4CC(OC(C)(C)C)CN4C(=O)c4ccccc4CC)cc3)o2)cc1. The van der Waals surface area contributed by atoms with Gasteiger partial charge in [-0.1, -0.05) is 50.2 Å². The Balaban J connectivity index is 0.997.